The van der Waals surface area contributed by atoms with Crippen LogP contribution in [-0.4, -0.2) is 13.7 Å². The summed E-state index contributed by atoms with van der Waals surface area (Å²) in [5.74, 6) is 0.940. The van der Waals surface area contributed by atoms with Gasteiger partial charge in [0.15, 0.2) is 0 Å². The second-order valence-corrected chi connectivity index (χ2v) is 6.08. The summed E-state index contributed by atoms with van der Waals surface area (Å²) in [6.45, 7) is 6.89. The molecule has 0 saturated carbocycles. The quantitative estimate of drug-likeness (QED) is 0.840. The molecule has 2 nitrogen and oxygen atoms in total. The maximum absolute atomic E-state index is 5.80. The second-order valence-electron chi connectivity index (χ2n) is 5.22. The van der Waals surface area contributed by atoms with Gasteiger partial charge in [-0.05, 0) is 51.1 Å². The summed E-state index contributed by atoms with van der Waals surface area (Å²) in [5, 5.41) is 3.41. The minimum absolute atomic E-state index is 0.0985. The summed E-state index contributed by atoms with van der Waals surface area (Å²) in [6, 6.07) is 12.9. The zero-order chi connectivity index (χ0) is 15.4. The van der Waals surface area contributed by atoms with Gasteiger partial charge in [-0.2, -0.15) is 0 Å². The van der Waals surface area contributed by atoms with E-state index in [1.165, 1.54) is 22.3 Å². The Morgan fingerprint density at radius 1 is 1.05 bits per heavy atom. The zero-order valence-corrected chi connectivity index (χ0v) is 14.6. The molecule has 21 heavy (non-hydrogen) atoms. The van der Waals surface area contributed by atoms with Crippen LogP contribution in [0.4, 0.5) is 0 Å². The Balaban J connectivity index is 2.52. The molecule has 0 fully saturated rings. The molecule has 112 valence electrons. The lowest BCUT2D eigenvalue weighted by Gasteiger charge is -2.22. The second kappa shape index (κ2) is 7.10. The monoisotopic (exact) mass is 347 g/mol. The summed E-state index contributed by atoms with van der Waals surface area (Å²) in [4.78, 5) is 0. The zero-order valence-electron chi connectivity index (χ0n) is 13.0. The van der Waals surface area contributed by atoms with E-state index in [1.54, 1.807) is 0 Å². The van der Waals surface area contributed by atoms with Crippen molar-refractivity contribution in [2.24, 2.45) is 0 Å². The molecule has 0 saturated heterocycles. The van der Waals surface area contributed by atoms with Crippen LogP contribution in [-0.2, 0) is 0 Å². The molecule has 0 aliphatic rings. The summed E-state index contributed by atoms with van der Waals surface area (Å²) >= 11 is 3.69. The first-order valence-corrected chi connectivity index (χ1v) is 8.02. The lowest BCUT2D eigenvalue weighted by atomic mass is 9.96. The van der Waals surface area contributed by atoms with Crippen molar-refractivity contribution in [2.45, 2.75) is 26.8 Å². The standard InChI is InChI=1S/C18H22BrNO/c1-5-21-17-9-7-12(2)10-15(17)18(20-4)14-8-6-13(3)11-16(14)19/h6-11,18,20H,5H2,1-4H3. The molecule has 2 aromatic rings. The molecule has 0 aromatic heterocycles. The summed E-state index contributed by atoms with van der Waals surface area (Å²) < 4.78 is 6.92. The first-order valence-electron chi connectivity index (χ1n) is 7.23. The highest BCUT2D eigenvalue weighted by molar-refractivity contribution is 9.10. The number of halogens is 1. The number of nitrogens with one attached hydrogen (secondary N) is 1. The van der Waals surface area contributed by atoms with Crippen LogP contribution in [0.1, 0.15) is 35.2 Å². The van der Waals surface area contributed by atoms with E-state index in [-0.39, 0.29) is 6.04 Å². The van der Waals surface area contributed by atoms with Crippen molar-refractivity contribution in [1.82, 2.24) is 5.32 Å². The Bertz CT molecular complexity index is 625. The van der Waals surface area contributed by atoms with Crippen LogP contribution in [0.25, 0.3) is 0 Å². The third-order valence-electron chi connectivity index (χ3n) is 3.53. The van der Waals surface area contributed by atoms with Crippen molar-refractivity contribution in [2.75, 3.05) is 13.7 Å². The molecular weight excluding hydrogens is 326 g/mol. The SMILES string of the molecule is CCOc1ccc(C)cc1C(NC)c1ccc(C)cc1Br. The molecule has 0 heterocycles. The van der Waals surface area contributed by atoms with Gasteiger partial charge in [0.2, 0.25) is 0 Å². The molecule has 2 rings (SSSR count). The Kier molecular flexibility index (Phi) is 5.43. The van der Waals surface area contributed by atoms with E-state index in [2.05, 4.69) is 71.5 Å². The topological polar surface area (TPSA) is 21.3 Å². The third kappa shape index (κ3) is 3.66. The number of aryl methyl sites for hydroxylation is 2. The van der Waals surface area contributed by atoms with Gasteiger partial charge in [0.05, 0.1) is 12.6 Å². The van der Waals surface area contributed by atoms with E-state index in [9.17, 15) is 0 Å². The Hall–Kier alpha value is -1.32. The molecule has 0 bridgehead atoms. The van der Waals surface area contributed by atoms with Crippen molar-refractivity contribution >= 4 is 15.9 Å². The molecule has 1 N–H and O–H groups in total. The molecule has 0 radical (unpaired) electrons. The Labute approximate surface area is 135 Å². The fourth-order valence-corrected chi connectivity index (χ4v) is 3.25. The number of rotatable bonds is 5. The molecule has 2 aromatic carbocycles. The van der Waals surface area contributed by atoms with Crippen molar-refractivity contribution in [3.8, 4) is 5.75 Å². The predicted octanol–water partition coefficient (Wildman–Crippen LogP) is 4.77. The van der Waals surface area contributed by atoms with Crippen molar-refractivity contribution in [3.63, 3.8) is 0 Å². The van der Waals surface area contributed by atoms with Gasteiger partial charge in [0, 0.05) is 10.0 Å². The van der Waals surface area contributed by atoms with Crippen molar-refractivity contribution < 1.29 is 4.74 Å². The van der Waals surface area contributed by atoms with Gasteiger partial charge in [0.1, 0.15) is 5.75 Å². The van der Waals surface area contributed by atoms with Crippen molar-refractivity contribution in [3.05, 3.63) is 63.1 Å². The third-order valence-corrected chi connectivity index (χ3v) is 4.22. The first-order chi connectivity index (χ1) is 10.1. The van der Waals surface area contributed by atoms with E-state index in [0.717, 1.165) is 10.2 Å². The highest BCUT2D eigenvalue weighted by Crippen LogP contribution is 2.34. The highest BCUT2D eigenvalue weighted by Gasteiger charge is 2.19. The summed E-state index contributed by atoms with van der Waals surface area (Å²) in [6.07, 6.45) is 0. The maximum atomic E-state index is 5.80. The maximum Gasteiger partial charge on any atom is 0.124 e. The van der Waals surface area contributed by atoms with E-state index in [4.69, 9.17) is 4.74 Å². The molecular formula is C18H22BrNO. The van der Waals surface area contributed by atoms with Gasteiger partial charge in [-0.25, -0.2) is 0 Å². The lowest BCUT2D eigenvalue weighted by Crippen LogP contribution is -2.19. The number of benzene rings is 2. The summed E-state index contributed by atoms with van der Waals surface area (Å²) in [7, 11) is 1.98. The lowest BCUT2D eigenvalue weighted by molar-refractivity contribution is 0.334. The van der Waals surface area contributed by atoms with Crippen LogP contribution in [0.2, 0.25) is 0 Å². The van der Waals surface area contributed by atoms with E-state index >= 15 is 0 Å². The van der Waals surface area contributed by atoms with Gasteiger partial charge in [-0.3, -0.25) is 0 Å². The van der Waals surface area contributed by atoms with E-state index < -0.39 is 0 Å². The molecule has 0 aliphatic heterocycles. The minimum atomic E-state index is 0.0985. The number of ether oxygens (including phenoxy) is 1. The van der Waals surface area contributed by atoms with Crippen LogP contribution in [0.5, 0.6) is 5.75 Å². The average Bonchev–Trinajstić information content (AvgIpc) is 2.45. The van der Waals surface area contributed by atoms with Gasteiger partial charge in [-0.1, -0.05) is 45.8 Å². The molecule has 3 heteroatoms. The molecule has 0 spiro atoms. The van der Waals surface area contributed by atoms with Gasteiger partial charge in [0.25, 0.3) is 0 Å². The van der Waals surface area contributed by atoms with Crippen LogP contribution in [0, 0.1) is 13.8 Å². The Morgan fingerprint density at radius 2 is 1.71 bits per heavy atom. The fourth-order valence-electron chi connectivity index (χ4n) is 2.53. The normalized spacial score (nSPS) is 12.2. The molecule has 1 atom stereocenters. The highest BCUT2D eigenvalue weighted by atomic mass is 79.9. The summed E-state index contributed by atoms with van der Waals surface area (Å²) in [5.41, 5.74) is 4.87. The van der Waals surface area contributed by atoms with Crippen molar-refractivity contribution in [1.29, 1.82) is 0 Å². The number of hydrogen-bond acceptors (Lipinski definition) is 2. The van der Waals surface area contributed by atoms with Crippen LogP contribution in [0.15, 0.2) is 40.9 Å². The predicted molar refractivity (Wildman–Crippen MR) is 92.1 cm³/mol. The first kappa shape index (κ1) is 16.1. The van der Waals surface area contributed by atoms with Gasteiger partial charge < -0.3 is 10.1 Å². The van der Waals surface area contributed by atoms with Crippen LogP contribution >= 0.6 is 15.9 Å². The molecule has 1 unspecified atom stereocenters. The largest absolute Gasteiger partial charge is 0.494 e. The smallest absolute Gasteiger partial charge is 0.124 e. The van der Waals surface area contributed by atoms with Gasteiger partial charge in [-0.15, -0.1) is 0 Å². The number of hydrogen-bond donors (Lipinski definition) is 1. The Morgan fingerprint density at radius 3 is 2.33 bits per heavy atom. The average molecular weight is 348 g/mol. The minimum Gasteiger partial charge on any atom is -0.494 e. The molecule has 0 aliphatic carbocycles. The molecule has 0 amide bonds. The fraction of sp³-hybridized carbons (Fsp3) is 0.333. The van der Waals surface area contributed by atoms with Gasteiger partial charge >= 0.3 is 0 Å². The van der Waals surface area contributed by atoms with Crippen LogP contribution in [0.3, 0.4) is 0 Å². The van der Waals surface area contributed by atoms with E-state index in [1.807, 2.05) is 14.0 Å². The van der Waals surface area contributed by atoms with Crippen LogP contribution < -0.4 is 10.1 Å². The van der Waals surface area contributed by atoms with E-state index in [0.29, 0.717) is 6.61 Å².